The lowest BCUT2D eigenvalue weighted by Crippen LogP contribution is -2.16. The maximum absolute atomic E-state index is 4.49. The third-order valence-electron chi connectivity index (χ3n) is 4.36. The lowest BCUT2D eigenvalue weighted by molar-refractivity contribution is 0.457. The van der Waals surface area contributed by atoms with Gasteiger partial charge in [0.1, 0.15) is 5.82 Å². The van der Waals surface area contributed by atoms with Crippen molar-refractivity contribution in [2.75, 3.05) is 24.3 Å². The van der Waals surface area contributed by atoms with E-state index in [2.05, 4.69) is 43.0 Å². The van der Waals surface area contributed by atoms with E-state index in [4.69, 9.17) is 0 Å². The van der Waals surface area contributed by atoms with Gasteiger partial charge in [-0.25, -0.2) is 4.98 Å². The van der Waals surface area contributed by atoms with E-state index in [0.29, 0.717) is 16.9 Å². The first kappa shape index (κ1) is 12.1. The van der Waals surface area contributed by atoms with E-state index in [1.165, 1.54) is 0 Å². The van der Waals surface area contributed by atoms with Crippen molar-refractivity contribution in [3.8, 4) is 0 Å². The fourth-order valence-electron chi connectivity index (χ4n) is 2.35. The summed E-state index contributed by atoms with van der Waals surface area (Å²) in [5.41, 5.74) is 0.631. The van der Waals surface area contributed by atoms with Crippen LogP contribution in [-0.2, 0) is 0 Å². The molecule has 94 valence electrons. The summed E-state index contributed by atoms with van der Waals surface area (Å²) < 4.78 is 0. The van der Waals surface area contributed by atoms with E-state index in [9.17, 15) is 0 Å². The van der Waals surface area contributed by atoms with Crippen LogP contribution in [0.25, 0.3) is 0 Å². The monoisotopic (exact) mass is 234 g/mol. The van der Waals surface area contributed by atoms with Crippen molar-refractivity contribution in [1.82, 2.24) is 9.97 Å². The molecule has 1 aromatic rings. The largest absolute Gasteiger partial charge is 0.366 e. The highest BCUT2D eigenvalue weighted by atomic mass is 15.2. The molecule has 1 fully saturated rings. The van der Waals surface area contributed by atoms with E-state index < -0.39 is 0 Å². The van der Waals surface area contributed by atoms with E-state index in [1.54, 1.807) is 6.20 Å². The zero-order chi connectivity index (χ0) is 12.8. The second kappa shape index (κ2) is 3.59. The molecule has 0 spiro atoms. The van der Waals surface area contributed by atoms with Gasteiger partial charge < -0.3 is 10.2 Å². The fraction of sp³-hybridized carbons (Fsp3) is 0.692. The summed E-state index contributed by atoms with van der Waals surface area (Å²) in [4.78, 5) is 10.6. The Morgan fingerprint density at radius 3 is 2.24 bits per heavy atom. The molecule has 0 saturated heterocycles. The molecule has 0 radical (unpaired) electrons. The van der Waals surface area contributed by atoms with Crippen LogP contribution in [0.5, 0.6) is 0 Å². The summed E-state index contributed by atoms with van der Waals surface area (Å²) in [6, 6.07) is 2.40. The Morgan fingerprint density at radius 1 is 1.18 bits per heavy atom. The van der Waals surface area contributed by atoms with Crippen molar-refractivity contribution in [3.05, 3.63) is 12.3 Å². The van der Waals surface area contributed by atoms with Gasteiger partial charge in [-0.15, -0.1) is 0 Å². The van der Waals surface area contributed by atoms with Crippen molar-refractivity contribution in [3.63, 3.8) is 0 Å². The molecule has 1 aromatic heterocycles. The van der Waals surface area contributed by atoms with Crippen molar-refractivity contribution in [1.29, 1.82) is 0 Å². The predicted molar refractivity (Wildman–Crippen MR) is 71.3 cm³/mol. The molecular weight excluding hydrogens is 212 g/mol. The Kier molecular flexibility index (Phi) is 2.56. The van der Waals surface area contributed by atoms with Gasteiger partial charge in [-0.2, -0.15) is 4.98 Å². The molecule has 1 heterocycles. The van der Waals surface area contributed by atoms with Crippen molar-refractivity contribution < 1.29 is 0 Å². The van der Waals surface area contributed by atoms with Crippen LogP contribution >= 0.6 is 0 Å². The minimum absolute atomic E-state index is 0.316. The van der Waals surface area contributed by atoms with Crippen LogP contribution in [0.3, 0.4) is 0 Å². The van der Waals surface area contributed by atoms with Gasteiger partial charge in [0.15, 0.2) is 0 Å². The minimum Gasteiger partial charge on any atom is -0.366 e. The number of anilines is 2. The number of nitrogens with zero attached hydrogens (tertiary/aromatic N) is 3. The first-order chi connectivity index (χ1) is 7.76. The topological polar surface area (TPSA) is 41.1 Å². The number of hydrogen-bond acceptors (Lipinski definition) is 4. The Hall–Kier alpha value is -1.32. The third kappa shape index (κ3) is 1.85. The number of rotatable bonds is 3. The third-order valence-corrected chi connectivity index (χ3v) is 4.36. The van der Waals surface area contributed by atoms with Crippen LogP contribution in [0.1, 0.15) is 27.7 Å². The first-order valence-electron chi connectivity index (χ1n) is 6.04. The summed E-state index contributed by atoms with van der Waals surface area (Å²) in [6.45, 7) is 9.16. The molecule has 2 rings (SSSR count). The van der Waals surface area contributed by atoms with Crippen molar-refractivity contribution in [2.45, 2.75) is 33.7 Å². The first-order valence-corrected chi connectivity index (χ1v) is 6.04. The Labute approximate surface area is 103 Å². The molecule has 1 N–H and O–H groups in total. The van der Waals surface area contributed by atoms with Crippen LogP contribution in [0, 0.1) is 10.8 Å². The van der Waals surface area contributed by atoms with Crippen molar-refractivity contribution >= 4 is 11.8 Å². The minimum atomic E-state index is 0.316. The molecule has 1 saturated carbocycles. The molecule has 0 bridgehead atoms. The van der Waals surface area contributed by atoms with Crippen LogP contribution in [-0.4, -0.2) is 30.1 Å². The smallest absolute Gasteiger partial charge is 0.226 e. The van der Waals surface area contributed by atoms with Gasteiger partial charge in [-0.3, -0.25) is 0 Å². The molecule has 0 aromatic carbocycles. The van der Waals surface area contributed by atoms with Crippen LogP contribution in [0.4, 0.5) is 11.8 Å². The molecular formula is C13H22N4. The fourth-order valence-corrected chi connectivity index (χ4v) is 2.35. The molecule has 4 nitrogen and oxygen atoms in total. The molecule has 1 aliphatic rings. The highest BCUT2D eigenvalue weighted by Gasteiger charge is 2.65. The maximum atomic E-state index is 4.49. The molecule has 0 amide bonds. The SMILES string of the molecule is CN(C)c1nccc(NC2C(C)(C)C2(C)C)n1. The molecule has 0 aliphatic heterocycles. The van der Waals surface area contributed by atoms with E-state index in [0.717, 1.165) is 11.8 Å². The average Bonchev–Trinajstić information content (AvgIpc) is 2.61. The number of hydrogen-bond donors (Lipinski definition) is 1. The van der Waals surface area contributed by atoms with Gasteiger partial charge in [0.25, 0.3) is 0 Å². The zero-order valence-corrected chi connectivity index (χ0v) is 11.6. The lowest BCUT2D eigenvalue weighted by Gasteiger charge is -2.12. The second-order valence-corrected chi connectivity index (χ2v) is 6.16. The predicted octanol–water partition coefficient (Wildman–Crippen LogP) is 2.39. The quantitative estimate of drug-likeness (QED) is 0.872. The summed E-state index contributed by atoms with van der Waals surface area (Å²) in [5.74, 6) is 1.65. The summed E-state index contributed by atoms with van der Waals surface area (Å²) >= 11 is 0. The van der Waals surface area contributed by atoms with Crippen LogP contribution in [0.15, 0.2) is 12.3 Å². The van der Waals surface area contributed by atoms with Gasteiger partial charge in [0.05, 0.1) is 0 Å². The average molecular weight is 234 g/mol. The van der Waals surface area contributed by atoms with E-state index in [-0.39, 0.29) is 0 Å². The van der Waals surface area contributed by atoms with Gasteiger partial charge in [0.2, 0.25) is 5.95 Å². The van der Waals surface area contributed by atoms with Gasteiger partial charge in [0, 0.05) is 26.3 Å². The van der Waals surface area contributed by atoms with Gasteiger partial charge in [-0.1, -0.05) is 27.7 Å². The number of nitrogens with one attached hydrogen (secondary N) is 1. The van der Waals surface area contributed by atoms with E-state index >= 15 is 0 Å². The zero-order valence-electron chi connectivity index (χ0n) is 11.6. The second-order valence-electron chi connectivity index (χ2n) is 6.16. The highest BCUT2D eigenvalue weighted by molar-refractivity contribution is 5.45. The standard InChI is InChI=1S/C13H22N4/c1-12(2)10(13(12,3)4)15-9-7-8-14-11(16-9)17(5)6/h7-8,10H,1-6H3,(H,14,15,16). The van der Waals surface area contributed by atoms with Crippen LogP contribution in [0.2, 0.25) is 0 Å². The molecule has 0 atom stereocenters. The normalized spacial score (nSPS) is 21.1. The van der Waals surface area contributed by atoms with Gasteiger partial charge >= 0.3 is 0 Å². The highest BCUT2D eigenvalue weighted by Crippen LogP contribution is 2.63. The Balaban J connectivity index is 2.14. The lowest BCUT2D eigenvalue weighted by atomic mass is 10.0. The van der Waals surface area contributed by atoms with Gasteiger partial charge in [-0.05, 0) is 16.9 Å². The maximum Gasteiger partial charge on any atom is 0.226 e. The van der Waals surface area contributed by atoms with Crippen LogP contribution < -0.4 is 10.2 Å². The molecule has 0 unspecified atom stereocenters. The molecule has 1 aliphatic carbocycles. The molecule has 17 heavy (non-hydrogen) atoms. The summed E-state index contributed by atoms with van der Waals surface area (Å²) in [7, 11) is 3.90. The Bertz CT molecular complexity index is 409. The number of aromatic nitrogens is 2. The molecule has 4 heteroatoms. The Morgan fingerprint density at radius 2 is 1.76 bits per heavy atom. The van der Waals surface area contributed by atoms with Crippen molar-refractivity contribution in [2.24, 2.45) is 10.8 Å². The van der Waals surface area contributed by atoms with E-state index in [1.807, 2.05) is 25.1 Å². The summed E-state index contributed by atoms with van der Waals surface area (Å²) in [5, 5.41) is 3.51. The summed E-state index contributed by atoms with van der Waals surface area (Å²) in [6.07, 6.45) is 1.80.